The van der Waals surface area contributed by atoms with E-state index in [-0.39, 0.29) is 42.9 Å². The highest BCUT2D eigenvalue weighted by Gasteiger charge is 2.52. The number of amides is 1. The fourth-order valence-electron chi connectivity index (χ4n) is 5.68. The van der Waals surface area contributed by atoms with Gasteiger partial charge in [0.1, 0.15) is 11.6 Å². The van der Waals surface area contributed by atoms with Gasteiger partial charge in [0, 0.05) is 32.1 Å². The molecule has 2 saturated heterocycles. The highest BCUT2D eigenvalue weighted by atomic mass is 19.4. The van der Waals surface area contributed by atoms with Crippen LogP contribution in [0.4, 0.5) is 17.6 Å². The quantitative estimate of drug-likeness (QED) is 0.435. The van der Waals surface area contributed by atoms with Gasteiger partial charge in [-0.25, -0.2) is 4.39 Å². The molecule has 2 saturated carbocycles. The van der Waals surface area contributed by atoms with E-state index in [4.69, 9.17) is 5.73 Å². The van der Waals surface area contributed by atoms with E-state index in [9.17, 15) is 27.6 Å². The summed E-state index contributed by atoms with van der Waals surface area (Å²) in [6.07, 6.45) is -4.72. The first-order valence-corrected chi connectivity index (χ1v) is 12.0. The Morgan fingerprint density at radius 2 is 2.03 bits per heavy atom. The molecule has 4 fully saturated rings. The van der Waals surface area contributed by atoms with E-state index >= 15 is 0 Å². The van der Waals surface area contributed by atoms with E-state index in [1.54, 1.807) is 0 Å². The van der Waals surface area contributed by atoms with Crippen LogP contribution in [0.25, 0.3) is 0 Å². The Morgan fingerprint density at radius 3 is 2.64 bits per heavy atom. The van der Waals surface area contributed by atoms with Crippen molar-refractivity contribution in [1.82, 2.24) is 20.9 Å². The first-order valence-electron chi connectivity index (χ1n) is 12.0. The van der Waals surface area contributed by atoms with Gasteiger partial charge in [0.2, 0.25) is 5.91 Å². The Labute approximate surface area is 191 Å². The topological polar surface area (TPSA) is 106 Å². The summed E-state index contributed by atoms with van der Waals surface area (Å²) in [4.78, 5) is 14.7. The first-order chi connectivity index (χ1) is 15.7. The van der Waals surface area contributed by atoms with Gasteiger partial charge in [-0.05, 0) is 56.9 Å². The molecule has 7 nitrogen and oxygen atoms in total. The van der Waals surface area contributed by atoms with Crippen molar-refractivity contribution in [2.75, 3.05) is 32.7 Å². The van der Waals surface area contributed by atoms with Crippen LogP contribution in [0, 0.1) is 40.4 Å². The van der Waals surface area contributed by atoms with Gasteiger partial charge >= 0.3 is 6.18 Å². The monoisotopic (exact) mass is 474 g/mol. The number of likely N-dealkylation sites (tertiary alicyclic amines) is 1. The lowest BCUT2D eigenvalue weighted by atomic mass is 9.77. The molecule has 186 valence electrons. The van der Waals surface area contributed by atoms with Gasteiger partial charge in [-0.3, -0.25) is 15.0 Å². The molecule has 11 heteroatoms. The lowest BCUT2D eigenvalue weighted by Crippen LogP contribution is -2.68. The van der Waals surface area contributed by atoms with E-state index in [1.807, 2.05) is 0 Å². The van der Waals surface area contributed by atoms with E-state index in [0.29, 0.717) is 44.8 Å². The van der Waals surface area contributed by atoms with E-state index in [0.717, 1.165) is 19.5 Å². The fraction of sp³-hybridized carbons (Fsp3) is 0.909. The number of nitrogens with zero attached hydrogens (tertiary/aromatic N) is 2. The zero-order valence-corrected chi connectivity index (χ0v) is 18.7. The third-order valence-corrected chi connectivity index (χ3v) is 8.06. The predicted octanol–water partition coefficient (Wildman–Crippen LogP) is 1.46. The number of hydrogen-bond acceptors (Lipinski definition) is 6. The van der Waals surface area contributed by atoms with Crippen LogP contribution in [-0.2, 0) is 4.79 Å². The smallest absolute Gasteiger partial charge is 0.354 e. The fourth-order valence-corrected chi connectivity index (χ4v) is 5.68. The summed E-state index contributed by atoms with van der Waals surface area (Å²) < 4.78 is 54.0. The molecular weight excluding hydrogens is 440 g/mol. The molecular formula is C22H34F4N6O. The van der Waals surface area contributed by atoms with Gasteiger partial charge in [0.15, 0.2) is 0 Å². The van der Waals surface area contributed by atoms with Gasteiger partial charge < -0.3 is 16.4 Å². The molecule has 0 spiro atoms. The van der Waals surface area contributed by atoms with Gasteiger partial charge in [0.05, 0.1) is 24.3 Å². The van der Waals surface area contributed by atoms with Crippen molar-refractivity contribution in [2.45, 2.75) is 63.2 Å². The van der Waals surface area contributed by atoms with Gasteiger partial charge in [-0.15, -0.1) is 0 Å². The molecule has 4 aliphatic rings. The average molecular weight is 475 g/mol. The molecule has 0 bridgehead atoms. The van der Waals surface area contributed by atoms with Crippen LogP contribution in [0.3, 0.4) is 0 Å². The minimum Gasteiger partial charge on any atom is -0.354 e. The molecule has 5 N–H and O–H groups in total. The Bertz CT molecular complexity index is 754. The molecule has 4 rings (SSSR count). The molecule has 2 aliphatic carbocycles. The summed E-state index contributed by atoms with van der Waals surface area (Å²) in [6, 6.07) is 2.10. The maximum atomic E-state index is 14.0. The minimum absolute atomic E-state index is 0.0212. The summed E-state index contributed by atoms with van der Waals surface area (Å²) >= 11 is 0. The first kappa shape index (κ1) is 24.6. The van der Waals surface area contributed by atoms with Crippen molar-refractivity contribution in [2.24, 2.45) is 34.8 Å². The largest absolute Gasteiger partial charge is 0.394 e. The highest BCUT2D eigenvalue weighted by molar-refractivity contribution is 5.88. The third-order valence-electron chi connectivity index (χ3n) is 8.06. The SMILES string of the molecule is N#CC1(C(=O)NCC2CNC(C3CCC(F)C(C(F)(F)F)C3)NC2N2CCC(CN)C2)CC1. The lowest BCUT2D eigenvalue weighted by molar-refractivity contribution is -0.204. The zero-order valence-electron chi connectivity index (χ0n) is 18.7. The Morgan fingerprint density at radius 1 is 1.27 bits per heavy atom. The van der Waals surface area contributed by atoms with Crippen molar-refractivity contribution in [3.63, 3.8) is 0 Å². The number of nitrogens with one attached hydrogen (secondary N) is 3. The highest BCUT2D eigenvalue weighted by Crippen LogP contribution is 2.45. The van der Waals surface area contributed by atoms with Crippen molar-refractivity contribution in [1.29, 1.82) is 5.26 Å². The second-order valence-corrected chi connectivity index (χ2v) is 10.3. The lowest BCUT2D eigenvalue weighted by Gasteiger charge is -2.47. The second kappa shape index (κ2) is 9.64. The summed E-state index contributed by atoms with van der Waals surface area (Å²) in [5.41, 5.74) is 4.95. The summed E-state index contributed by atoms with van der Waals surface area (Å²) in [6.45, 7) is 3.06. The number of carbonyl (C=O) groups excluding carboxylic acids is 1. The van der Waals surface area contributed by atoms with Crippen LogP contribution in [0.1, 0.15) is 38.5 Å². The number of alkyl halides is 4. The van der Waals surface area contributed by atoms with Gasteiger partial charge in [-0.2, -0.15) is 18.4 Å². The van der Waals surface area contributed by atoms with Gasteiger partial charge in [0.25, 0.3) is 0 Å². The molecule has 0 aromatic carbocycles. The molecule has 0 aromatic rings. The van der Waals surface area contributed by atoms with E-state index < -0.39 is 23.7 Å². The standard InChI is InChI=1S/C22H34F4N6O/c23-17-2-1-14(7-16(17)22(24,25)26)18-29-9-15(10-30-20(33)21(12-28)4-5-21)19(31-18)32-6-3-13(8-27)11-32/h13-19,29,31H,1-11,27H2,(H,30,33). The van der Waals surface area contributed by atoms with E-state index in [1.165, 1.54) is 0 Å². The van der Waals surface area contributed by atoms with Gasteiger partial charge in [-0.1, -0.05) is 0 Å². The number of nitrogens with two attached hydrogens (primary N) is 1. The van der Waals surface area contributed by atoms with Crippen molar-refractivity contribution >= 4 is 5.91 Å². The predicted molar refractivity (Wildman–Crippen MR) is 113 cm³/mol. The molecule has 2 heterocycles. The van der Waals surface area contributed by atoms with Crippen LogP contribution < -0.4 is 21.7 Å². The minimum atomic E-state index is -4.54. The van der Waals surface area contributed by atoms with Crippen LogP contribution in [0.5, 0.6) is 0 Å². The van der Waals surface area contributed by atoms with Crippen LogP contribution in [-0.4, -0.2) is 68.2 Å². The van der Waals surface area contributed by atoms with Crippen LogP contribution in [0.2, 0.25) is 0 Å². The normalized spacial score (nSPS) is 39.1. The zero-order chi connectivity index (χ0) is 23.8. The third kappa shape index (κ3) is 5.29. The molecule has 1 amide bonds. The van der Waals surface area contributed by atoms with Crippen LogP contribution in [0.15, 0.2) is 0 Å². The Hall–Kier alpha value is -1.48. The maximum Gasteiger partial charge on any atom is 0.394 e. The number of hydrogen-bond donors (Lipinski definition) is 4. The summed E-state index contributed by atoms with van der Waals surface area (Å²) in [5, 5.41) is 19.0. The number of nitriles is 1. The number of carbonyl (C=O) groups is 1. The van der Waals surface area contributed by atoms with Crippen LogP contribution >= 0.6 is 0 Å². The molecule has 7 unspecified atom stereocenters. The summed E-state index contributed by atoms with van der Waals surface area (Å²) in [7, 11) is 0. The Balaban J connectivity index is 1.42. The number of rotatable bonds is 6. The van der Waals surface area contributed by atoms with Crippen molar-refractivity contribution in [3.05, 3.63) is 0 Å². The second-order valence-electron chi connectivity index (χ2n) is 10.3. The number of halogens is 4. The van der Waals surface area contributed by atoms with Crippen molar-refractivity contribution < 1.29 is 22.4 Å². The average Bonchev–Trinajstić information content (AvgIpc) is 3.46. The molecule has 0 radical (unpaired) electrons. The maximum absolute atomic E-state index is 14.0. The summed E-state index contributed by atoms with van der Waals surface area (Å²) in [5.74, 6) is -2.17. The molecule has 7 atom stereocenters. The molecule has 33 heavy (non-hydrogen) atoms. The van der Waals surface area contributed by atoms with E-state index in [2.05, 4.69) is 26.9 Å². The molecule has 0 aromatic heterocycles. The molecule has 2 aliphatic heterocycles. The Kier molecular flexibility index (Phi) is 7.20. The van der Waals surface area contributed by atoms with Crippen molar-refractivity contribution in [3.8, 4) is 6.07 Å².